The SMILES string of the molecule is Cc1c(C(=O)N2CC(C)NC(C)C2)c[nH]c1C=C1C(=O)Nc2cccc(-c3ccc(F)cc3)c21. The number of H-pyrrole nitrogens is 1. The van der Waals surface area contributed by atoms with Gasteiger partial charge in [0.15, 0.2) is 0 Å². The normalized spacial score (nSPS) is 21.0. The molecule has 7 heteroatoms. The van der Waals surface area contributed by atoms with E-state index in [1.165, 1.54) is 12.1 Å². The number of halogens is 1. The van der Waals surface area contributed by atoms with Gasteiger partial charge in [-0.1, -0.05) is 24.3 Å². The summed E-state index contributed by atoms with van der Waals surface area (Å²) >= 11 is 0. The molecule has 2 atom stereocenters. The lowest BCUT2D eigenvalue weighted by Crippen LogP contribution is -2.55. The molecule has 0 bridgehead atoms. The summed E-state index contributed by atoms with van der Waals surface area (Å²) in [6.07, 6.45) is 3.52. The number of aromatic amines is 1. The zero-order chi connectivity index (χ0) is 24.0. The Balaban J connectivity index is 1.52. The van der Waals surface area contributed by atoms with Crippen LogP contribution in [0.4, 0.5) is 10.1 Å². The van der Waals surface area contributed by atoms with E-state index in [-0.39, 0.29) is 29.7 Å². The zero-order valence-electron chi connectivity index (χ0n) is 19.4. The largest absolute Gasteiger partial charge is 0.361 e. The lowest BCUT2D eigenvalue weighted by molar-refractivity contribution is -0.110. The van der Waals surface area contributed by atoms with Crippen molar-refractivity contribution < 1.29 is 14.0 Å². The van der Waals surface area contributed by atoms with Crippen LogP contribution in [0.25, 0.3) is 22.8 Å². The number of hydrogen-bond donors (Lipinski definition) is 3. The molecule has 2 aliphatic heterocycles. The monoisotopic (exact) mass is 458 g/mol. The molecule has 6 nitrogen and oxygen atoms in total. The molecule has 1 saturated heterocycles. The van der Waals surface area contributed by atoms with Crippen molar-refractivity contribution in [1.29, 1.82) is 0 Å². The molecule has 3 aromatic rings. The molecule has 1 aromatic heterocycles. The van der Waals surface area contributed by atoms with E-state index in [2.05, 4.69) is 29.5 Å². The van der Waals surface area contributed by atoms with E-state index >= 15 is 0 Å². The quantitative estimate of drug-likeness (QED) is 0.508. The van der Waals surface area contributed by atoms with E-state index in [0.29, 0.717) is 35.6 Å². The summed E-state index contributed by atoms with van der Waals surface area (Å²) < 4.78 is 13.5. The Hall–Kier alpha value is -3.71. The van der Waals surface area contributed by atoms with Crippen LogP contribution < -0.4 is 10.6 Å². The van der Waals surface area contributed by atoms with Gasteiger partial charge in [0.1, 0.15) is 5.82 Å². The number of benzene rings is 2. The third-order valence-corrected chi connectivity index (χ3v) is 6.53. The number of fused-ring (bicyclic) bond motifs is 1. The average molecular weight is 459 g/mol. The minimum absolute atomic E-state index is 0.0122. The number of rotatable bonds is 3. The molecule has 34 heavy (non-hydrogen) atoms. The number of carbonyl (C=O) groups excluding carboxylic acids is 2. The lowest BCUT2D eigenvalue weighted by atomic mass is 9.94. The van der Waals surface area contributed by atoms with Gasteiger partial charge in [-0.15, -0.1) is 0 Å². The van der Waals surface area contributed by atoms with Crippen LogP contribution >= 0.6 is 0 Å². The van der Waals surface area contributed by atoms with Crippen LogP contribution in [0.5, 0.6) is 0 Å². The molecule has 0 spiro atoms. The molecule has 3 heterocycles. The smallest absolute Gasteiger partial charge is 0.256 e. The molecule has 2 unspecified atom stereocenters. The predicted molar refractivity (Wildman–Crippen MR) is 132 cm³/mol. The maximum atomic E-state index is 13.5. The van der Waals surface area contributed by atoms with Crippen molar-refractivity contribution in [2.24, 2.45) is 0 Å². The van der Waals surface area contributed by atoms with Crippen molar-refractivity contribution in [3.05, 3.63) is 76.9 Å². The second-order valence-electron chi connectivity index (χ2n) is 9.17. The van der Waals surface area contributed by atoms with Crippen LogP contribution in [-0.4, -0.2) is 46.9 Å². The first kappa shape index (κ1) is 22.1. The van der Waals surface area contributed by atoms with Gasteiger partial charge in [0.05, 0.1) is 11.1 Å². The molecule has 5 rings (SSSR count). The summed E-state index contributed by atoms with van der Waals surface area (Å²) in [7, 11) is 0. The highest BCUT2D eigenvalue weighted by molar-refractivity contribution is 6.36. The van der Waals surface area contributed by atoms with Crippen molar-refractivity contribution in [1.82, 2.24) is 15.2 Å². The Morgan fingerprint density at radius 2 is 1.79 bits per heavy atom. The van der Waals surface area contributed by atoms with E-state index in [1.54, 1.807) is 24.4 Å². The van der Waals surface area contributed by atoms with Crippen LogP contribution in [0.3, 0.4) is 0 Å². The predicted octanol–water partition coefficient (Wildman–Crippen LogP) is 4.44. The van der Waals surface area contributed by atoms with Gasteiger partial charge in [-0.05, 0) is 61.7 Å². The summed E-state index contributed by atoms with van der Waals surface area (Å²) in [5, 5.41) is 6.37. The molecule has 0 saturated carbocycles. The first-order valence-electron chi connectivity index (χ1n) is 11.5. The van der Waals surface area contributed by atoms with Crippen molar-refractivity contribution in [3.8, 4) is 11.1 Å². The molecule has 0 aliphatic carbocycles. The first-order chi connectivity index (χ1) is 16.3. The summed E-state index contributed by atoms with van der Waals surface area (Å²) in [4.78, 5) is 31.2. The molecule has 2 aromatic carbocycles. The lowest BCUT2D eigenvalue weighted by Gasteiger charge is -2.36. The third kappa shape index (κ3) is 3.92. The second kappa shape index (κ2) is 8.57. The zero-order valence-corrected chi connectivity index (χ0v) is 19.4. The summed E-state index contributed by atoms with van der Waals surface area (Å²) in [6.45, 7) is 7.35. The van der Waals surface area contributed by atoms with Gasteiger partial charge in [0.2, 0.25) is 0 Å². The van der Waals surface area contributed by atoms with E-state index in [0.717, 1.165) is 22.3 Å². The van der Waals surface area contributed by atoms with Gasteiger partial charge < -0.3 is 20.5 Å². The number of carbonyl (C=O) groups is 2. The highest BCUT2D eigenvalue weighted by Gasteiger charge is 2.30. The number of hydrogen-bond acceptors (Lipinski definition) is 3. The minimum Gasteiger partial charge on any atom is -0.361 e. The molecule has 2 amide bonds. The van der Waals surface area contributed by atoms with E-state index in [4.69, 9.17) is 0 Å². The molecular formula is C27H27FN4O2. The highest BCUT2D eigenvalue weighted by atomic mass is 19.1. The maximum Gasteiger partial charge on any atom is 0.256 e. The molecular weight excluding hydrogens is 431 g/mol. The van der Waals surface area contributed by atoms with Crippen molar-refractivity contribution in [3.63, 3.8) is 0 Å². The Morgan fingerprint density at radius 3 is 2.50 bits per heavy atom. The van der Waals surface area contributed by atoms with Crippen molar-refractivity contribution >= 4 is 29.2 Å². The van der Waals surface area contributed by atoms with Gasteiger partial charge in [0.25, 0.3) is 11.8 Å². The molecule has 0 radical (unpaired) electrons. The van der Waals surface area contributed by atoms with Crippen molar-refractivity contribution in [2.45, 2.75) is 32.9 Å². The molecule has 174 valence electrons. The second-order valence-corrected chi connectivity index (χ2v) is 9.17. The maximum absolute atomic E-state index is 13.5. The van der Waals surface area contributed by atoms with Crippen LogP contribution in [-0.2, 0) is 4.79 Å². The third-order valence-electron chi connectivity index (χ3n) is 6.53. The Kier molecular flexibility index (Phi) is 5.57. The van der Waals surface area contributed by atoms with Gasteiger partial charge in [-0.25, -0.2) is 4.39 Å². The van der Waals surface area contributed by atoms with E-state index in [1.807, 2.05) is 30.0 Å². The number of aromatic nitrogens is 1. The summed E-state index contributed by atoms with van der Waals surface area (Å²) in [5.41, 5.74) is 5.77. The number of nitrogens with one attached hydrogen (secondary N) is 3. The number of anilines is 1. The van der Waals surface area contributed by atoms with E-state index < -0.39 is 0 Å². The Morgan fingerprint density at radius 1 is 1.09 bits per heavy atom. The van der Waals surface area contributed by atoms with Gasteiger partial charge in [-0.2, -0.15) is 0 Å². The van der Waals surface area contributed by atoms with Gasteiger partial charge >= 0.3 is 0 Å². The van der Waals surface area contributed by atoms with Crippen LogP contribution in [0.2, 0.25) is 0 Å². The molecule has 3 N–H and O–H groups in total. The van der Waals surface area contributed by atoms with Crippen LogP contribution in [0.15, 0.2) is 48.7 Å². The number of nitrogens with zero attached hydrogens (tertiary/aromatic N) is 1. The minimum atomic E-state index is -0.311. The number of piperazine rings is 1. The van der Waals surface area contributed by atoms with E-state index in [9.17, 15) is 14.0 Å². The van der Waals surface area contributed by atoms with Crippen LogP contribution in [0, 0.1) is 12.7 Å². The first-order valence-corrected chi connectivity index (χ1v) is 11.5. The molecule has 2 aliphatic rings. The standard InChI is InChI=1S/C27H27FN4O2/c1-15-13-32(14-16(2)30-15)27(34)22-12-29-24(17(22)3)11-21-25-20(18-7-9-19(28)10-8-18)5-4-6-23(25)31-26(21)33/h4-12,15-16,29-30H,13-14H2,1-3H3,(H,31,33). The van der Waals surface area contributed by atoms with Crippen LogP contribution in [0.1, 0.15) is 41.0 Å². The topological polar surface area (TPSA) is 77.2 Å². The molecule has 1 fully saturated rings. The fourth-order valence-corrected chi connectivity index (χ4v) is 4.95. The fourth-order valence-electron chi connectivity index (χ4n) is 4.95. The summed E-state index contributed by atoms with van der Waals surface area (Å²) in [6, 6.07) is 12.3. The Labute approximate surface area is 197 Å². The fraction of sp³-hybridized carbons (Fsp3) is 0.259. The summed E-state index contributed by atoms with van der Waals surface area (Å²) in [5.74, 6) is -0.535. The highest BCUT2D eigenvalue weighted by Crippen LogP contribution is 2.40. The Bertz CT molecular complexity index is 1300. The van der Waals surface area contributed by atoms with Gasteiger partial charge in [0, 0.05) is 48.3 Å². The number of amides is 2. The van der Waals surface area contributed by atoms with Crippen molar-refractivity contribution in [2.75, 3.05) is 18.4 Å². The van der Waals surface area contributed by atoms with Gasteiger partial charge in [-0.3, -0.25) is 9.59 Å². The average Bonchev–Trinajstić information content (AvgIpc) is 3.32.